The molecule has 0 aliphatic carbocycles. The van der Waals surface area contributed by atoms with Crippen LogP contribution in [-0.2, 0) is 6.54 Å². The van der Waals surface area contributed by atoms with E-state index in [1.54, 1.807) is 7.05 Å². The minimum atomic E-state index is 0. The van der Waals surface area contributed by atoms with Gasteiger partial charge in [0, 0.05) is 25.0 Å². The van der Waals surface area contributed by atoms with E-state index < -0.39 is 0 Å². The van der Waals surface area contributed by atoms with Gasteiger partial charge >= 0.3 is 0 Å². The number of hydrogen-bond donors (Lipinski definition) is 2. The third kappa shape index (κ3) is 4.09. The number of rotatable bonds is 3. The maximum Gasteiger partial charge on any atom is 0.191 e. The van der Waals surface area contributed by atoms with Gasteiger partial charge in [0.2, 0.25) is 0 Å². The topological polar surface area (TPSA) is 53.7 Å². The molecular weight excluding hydrogens is 365 g/mol. The van der Waals surface area contributed by atoms with Crippen LogP contribution in [0.2, 0.25) is 0 Å². The summed E-state index contributed by atoms with van der Waals surface area (Å²) < 4.78 is 2.09. The quantitative estimate of drug-likeness (QED) is 0.483. The van der Waals surface area contributed by atoms with Gasteiger partial charge in [-0.3, -0.25) is 4.99 Å². The summed E-state index contributed by atoms with van der Waals surface area (Å²) in [5, 5.41) is 6.51. The zero-order chi connectivity index (χ0) is 13.8. The molecule has 2 N–H and O–H groups in total. The van der Waals surface area contributed by atoms with Crippen molar-refractivity contribution >= 4 is 35.6 Å². The highest BCUT2D eigenvalue weighted by Gasteiger charge is 2.04. The number of imidazole rings is 1. The monoisotopic (exact) mass is 387 g/mol. The summed E-state index contributed by atoms with van der Waals surface area (Å²) >= 11 is 0. The Kier molecular flexibility index (Phi) is 6.25. The molecule has 0 spiro atoms. The minimum Gasteiger partial charge on any atom is -0.354 e. The van der Waals surface area contributed by atoms with Crippen LogP contribution >= 0.6 is 24.0 Å². The predicted octanol–water partition coefficient (Wildman–Crippen LogP) is 2.33. The van der Waals surface area contributed by atoms with E-state index in [2.05, 4.69) is 58.0 Å². The molecule has 0 saturated carbocycles. The van der Waals surface area contributed by atoms with E-state index in [0.29, 0.717) is 12.6 Å². The summed E-state index contributed by atoms with van der Waals surface area (Å²) in [5.41, 5.74) is 3.16. The number of aliphatic imine (C=N–C) groups is 1. The molecule has 6 heteroatoms. The fourth-order valence-corrected chi connectivity index (χ4v) is 1.93. The van der Waals surface area contributed by atoms with Crippen molar-refractivity contribution in [2.45, 2.75) is 33.4 Å². The number of hydrogen-bond acceptors (Lipinski definition) is 2. The van der Waals surface area contributed by atoms with Crippen LogP contribution in [0.1, 0.15) is 25.2 Å². The van der Waals surface area contributed by atoms with E-state index >= 15 is 0 Å². The molecule has 5 nitrogen and oxygen atoms in total. The van der Waals surface area contributed by atoms with Crippen LogP contribution < -0.4 is 10.6 Å². The van der Waals surface area contributed by atoms with Gasteiger partial charge in [0.1, 0.15) is 5.65 Å². The van der Waals surface area contributed by atoms with Gasteiger partial charge in [0.05, 0.1) is 12.2 Å². The van der Waals surface area contributed by atoms with Gasteiger partial charge in [-0.15, -0.1) is 24.0 Å². The summed E-state index contributed by atoms with van der Waals surface area (Å²) in [4.78, 5) is 8.75. The summed E-state index contributed by atoms with van der Waals surface area (Å²) in [6.07, 6.45) is 2.06. The molecule has 0 aliphatic rings. The average molecular weight is 387 g/mol. The molecule has 0 atom stereocenters. The lowest BCUT2D eigenvalue weighted by Gasteiger charge is -2.13. The average Bonchev–Trinajstić information content (AvgIpc) is 2.78. The second-order valence-electron chi connectivity index (χ2n) is 4.85. The van der Waals surface area contributed by atoms with Gasteiger partial charge in [-0.2, -0.15) is 0 Å². The SMILES string of the molecule is CN=C(NCc1cn2c(C)cccc2n1)NC(C)C.I. The first kappa shape index (κ1) is 16.7. The van der Waals surface area contributed by atoms with Gasteiger partial charge in [0.25, 0.3) is 0 Å². The highest BCUT2D eigenvalue weighted by Crippen LogP contribution is 2.08. The Labute approximate surface area is 136 Å². The van der Waals surface area contributed by atoms with Crippen molar-refractivity contribution < 1.29 is 0 Å². The maximum atomic E-state index is 4.58. The Morgan fingerprint density at radius 1 is 1.40 bits per heavy atom. The first-order valence-electron chi connectivity index (χ1n) is 6.51. The molecule has 2 aromatic rings. The number of nitrogens with zero attached hydrogens (tertiary/aromatic N) is 3. The van der Waals surface area contributed by atoms with Gasteiger partial charge in [-0.25, -0.2) is 4.98 Å². The largest absolute Gasteiger partial charge is 0.354 e. The number of guanidine groups is 1. The summed E-state index contributed by atoms with van der Waals surface area (Å²) in [6, 6.07) is 6.46. The maximum absolute atomic E-state index is 4.58. The zero-order valence-electron chi connectivity index (χ0n) is 12.3. The molecule has 0 unspecified atom stereocenters. The Hall–Kier alpha value is -1.31. The summed E-state index contributed by atoms with van der Waals surface area (Å²) in [7, 11) is 1.77. The second-order valence-corrected chi connectivity index (χ2v) is 4.85. The van der Waals surface area contributed by atoms with Gasteiger partial charge in [0.15, 0.2) is 5.96 Å². The molecular formula is C14H22IN5. The molecule has 2 rings (SSSR count). The molecule has 110 valence electrons. The lowest BCUT2D eigenvalue weighted by Crippen LogP contribution is -2.40. The summed E-state index contributed by atoms with van der Waals surface area (Å²) in [6.45, 7) is 6.90. The number of halogens is 1. The highest BCUT2D eigenvalue weighted by atomic mass is 127. The molecule has 2 heterocycles. The standard InChI is InChI=1S/C14H21N5.HI/c1-10(2)17-14(15-4)16-8-12-9-19-11(3)6-5-7-13(19)18-12;/h5-7,9-10H,8H2,1-4H3,(H2,15,16,17);1H. The molecule has 0 aromatic carbocycles. The number of aromatic nitrogens is 2. The molecule has 0 aliphatic heterocycles. The zero-order valence-corrected chi connectivity index (χ0v) is 14.7. The number of pyridine rings is 1. The first-order chi connectivity index (χ1) is 9.10. The molecule has 0 amide bonds. The number of nitrogens with one attached hydrogen (secondary N) is 2. The fraction of sp³-hybridized carbons (Fsp3) is 0.429. The van der Waals surface area contributed by atoms with E-state index in [1.807, 2.05) is 12.1 Å². The van der Waals surface area contributed by atoms with Crippen molar-refractivity contribution in [3.63, 3.8) is 0 Å². The van der Waals surface area contributed by atoms with Crippen molar-refractivity contribution in [3.05, 3.63) is 35.8 Å². The highest BCUT2D eigenvalue weighted by molar-refractivity contribution is 14.0. The number of fused-ring (bicyclic) bond motifs is 1. The van der Waals surface area contributed by atoms with Crippen LogP contribution in [0, 0.1) is 6.92 Å². The van der Waals surface area contributed by atoms with Crippen LogP contribution in [0.4, 0.5) is 0 Å². The van der Waals surface area contributed by atoms with Crippen molar-refractivity contribution in [1.82, 2.24) is 20.0 Å². The van der Waals surface area contributed by atoms with Crippen molar-refractivity contribution in [3.8, 4) is 0 Å². The van der Waals surface area contributed by atoms with E-state index in [4.69, 9.17) is 0 Å². The first-order valence-corrected chi connectivity index (χ1v) is 6.51. The van der Waals surface area contributed by atoms with E-state index in [0.717, 1.165) is 17.3 Å². The lowest BCUT2D eigenvalue weighted by atomic mass is 10.4. The third-order valence-corrected chi connectivity index (χ3v) is 2.83. The fourth-order valence-electron chi connectivity index (χ4n) is 1.93. The third-order valence-electron chi connectivity index (χ3n) is 2.83. The van der Waals surface area contributed by atoms with Gasteiger partial charge < -0.3 is 15.0 Å². The summed E-state index contributed by atoms with van der Waals surface area (Å²) in [5.74, 6) is 0.795. The van der Waals surface area contributed by atoms with Crippen LogP contribution in [0.25, 0.3) is 5.65 Å². The van der Waals surface area contributed by atoms with Crippen LogP contribution in [-0.4, -0.2) is 28.4 Å². The Balaban J connectivity index is 0.00000200. The van der Waals surface area contributed by atoms with Gasteiger partial charge in [-0.05, 0) is 32.9 Å². The Morgan fingerprint density at radius 3 is 2.75 bits per heavy atom. The molecule has 0 radical (unpaired) electrons. The Bertz CT molecular complexity index is 588. The smallest absolute Gasteiger partial charge is 0.191 e. The van der Waals surface area contributed by atoms with E-state index in [-0.39, 0.29) is 24.0 Å². The van der Waals surface area contributed by atoms with E-state index in [1.165, 1.54) is 5.69 Å². The second kappa shape index (κ2) is 7.47. The minimum absolute atomic E-state index is 0. The molecule has 20 heavy (non-hydrogen) atoms. The van der Waals surface area contributed by atoms with Gasteiger partial charge in [-0.1, -0.05) is 6.07 Å². The van der Waals surface area contributed by atoms with Crippen molar-refractivity contribution in [2.75, 3.05) is 7.05 Å². The molecule has 0 bridgehead atoms. The van der Waals surface area contributed by atoms with Crippen LogP contribution in [0.15, 0.2) is 29.4 Å². The van der Waals surface area contributed by atoms with Crippen molar-refractivity contribution in [2.24, 2.45) is 4.99 Å². The van der Waals surface area contributed by atoms with Crippen LogP contribution in [0.5, 0.6) is 0 Å². The molecule has 0 saturated heterocycles. The number of aryl methyl sites for hydroxylation is 1. The normalized spacial score (nSPS) is 11.6. The lowest BCUT2D eigenvalue weighted by molar-refractivity contribution is 0.697. The predicted molar refractivity (Wildman–Crippen MR) is 93.8 cm³/mol. The molecule has 0 fully saturated rings. The molecule has 2 aromatic heterocycles. The Morgan fingerprint density at radius 2 is 2.15 bits per heavy atom. The van der Waals surface area contributed by atoms with E-state index in [9.17, 15) is 0 Å². The van der Waals surface area contributed by atoms with Crippen LogP contribution in [0.3, 0.4) is 0 Å². The van der Waals surface area contributed by atoms with Crippen molar-refractivity contribution in [1.29, 1.82) is 0 Å².